The van der Waals surface area contributed by atoms with Crippen LogP contribution >= 0.6 is 35.3 Å². The van der Waals surface area contributed by atoms with Crippen molar-refractivity contribution in [1.82, 2.24) is 15.6 Å². The summed E-state index contributed by atoms with van der Waals surface area (Å²) in [6, 6.07) is 8.86. The van der Waals surface area contributed by atoms with Gasteiger partial charge in [-0.1, -0.05) is 18.2 Å². The van der Waals surface area contributed by atoms with Gasteiger partial charge in [-0.3, -0.25) is 4.99 Å². The summed E-state index contributed by atoms with van der Waals surface area (Å²) in [6.07, 6.45) is 1.58. The first-order valence-electron chi connectivity index (χ1n) is 9.23. The normalized spacial score (nSPS) is 11.2. The van der Waals surface area contributed by atoms with E-state index in [2.05, 4.69) is 25.3 Å². The molecule has 7 nitrogen and oxygen atoms in total. The molecule has 0 atom stereocenters. The highest BCUT2D eigenvalue weighted by Gasteiger charge is 2.16. The van der Waals surface area contributed by atoms with Crippen LogP contribution in [0.15, 0.2) is 51.4 Å². The molecule has 0 amide bonds. The fourth-order valence-electron chi connectivity index (χ4n) is 2.67. The van der Waals surface area contributed by atoms with Gasteiger partial charge in [0, 0.05) is 19.2 Å². The Morgan fingerprint density at radius 2 is 2.03 bits per heavy atom. The maximum absolute atomic E-state index is 12.8. The van der Waals surface area contributed by atoms with E-state index in [0.29, 0.717) is 36.3 Å². The molecular formula is C20H23F2IN4O3S. The number of hydrogen-bond acceptors (Lipinski definition) is 6. The van der Waals surface area contributed by atoms with Crippen LogP contribution in [0, 0.1) is 0 Å². The number of hydrogen-bond donors (Lipinski definition) is 2. The molecule has 0 radical (unpaired) electrons. The highest BCUT2D eigenvalue weighted by Crippen LogP contribution is 2.32. The van der Waals surface area contributed by atoms with Gasteiger partial charge in [0.1, 0.15) is 6.26 Å². The molecule has 168 valence electrons. The van der Waals surface area contributed by atoms with Crippen molar-refractivity contribution in [3.63, 3.8) is 0 Å². The van der Waals surface area contributed by atoms with Crippen LogP contribution in [0.3, 0.4) is 0 Å². The Balaban J connectivity index is 0.00000341. The Morgan fingerprint density at radius 3 is 2.71 bits per heavy atom. The lowest BCUT2D eigenvalue weighted by Gasteiger charge is -2.17. The SMILES string of the molecule is CCOc1cccc(CNC(=NC)NCc2coc(-c3cccs3)n2)c1OC(F)F.I. The maximum Gasteiger partial charge on any atom is 0.387 e. The van der Waals surface area contributed by atoms with Gasteiger partial charge in [0.15, 0.2) is 17.5 Å². The van der Waals surface area contributed by atoms with E-state index in [1.54, 1.807) is 49.8 Å². The number of rotatable bonds is 9. The zero-order valence-corrected chi connectivity index (χ0v) is 20.1. The second-order valence-electron chi connectivity index (χ2n) is 5.96. The van der Waals surface area contributed by atoms with Crippen molar-refractivity contribution in [3.05, 3.63) is 53.2 Å². The lowest BCUT2D eigenvalue weighted by atomic mass is 10.2. The topological polar surface area (TPSA) is 80.9 Å². The first-order valence-corrected chi connectivity index (χ1v) is 10.1. The molecule has 1 aromatic carbocycles. The molecule has 2 aromatic heterocycles. The summed E-state index contributed by atoms with van der Waals surface area (Å²) in [4.78, 5) is 9.53. The van der Waals surface area contributed by atoms with Crippen molar-refractivity contribution < 1.29 is 22.7 Å². The van der Waals surface area contributed by atoms with Gasteiger partial charge in [0.25, 0.3) is 0 Å². The molecule has 0 spiro atoms. The molecular weight excluding hydrogens is 541 g/mol. The van der Waals surface area contributed by atoms with Crippen LogP contribution < -0.4 is 20.1 Å². The number of alkyl halides is 2. The van der Waals surface area contributed by atoms with Crippen molar-refractivity contribution in [2.75, 3.05) is 13.7 Å². The van der Waals surface area contributed by atoms with Crippen molar-refractivity contribution in [2.45, 2.75) is 26.6 Å². The van der Waals surface area contributed by atoms with E-state index in [4.69, 9.17) is 9.15 Å². The number of oxazole rings is 1. The molecule has 0 aliphatic rings. The van der Waals surface area contributed by atoms with Gasteiger partial charge in [0.2, 0.25) is 5.89 Å². The predicted molar refractivity (Wildman–Crippen MR) is 127 cm³/mol. The zero-order chi connectivity index (χ0) is 21.3. The molecule has 0 saturated carbocycles. The van der Waals surface area contributed by atoms with Gasteiger partial charge in [-0.25, -0.2) is 4.98 Å². The minimum absolute atomic E-state index is 0. The van der Waals surface area contributed by atoms with Crippen LogP contribution in [0.25, 0.3) is 10.8 Å². The molecule has 2 N–H and O–H groups in total. The predicted octanol–water partition coefficient (Wildman–Crippen LogP) is 4.89. The van der Waals surface area contributed by atoms with E-state index in [1.807, 2.05) is 17.5 Å². The first-order chi connectivity index (χ1) is 14.6. The second kappa shape index (κ2) is 12.4. The Kier molecular flexibility index (Phi) is 9.98. The standard InChI is InChI=1S/C20H22F2N4O3S.HI/c1-3-27-15-7-4-6-13(17(15)29-19(21)22)10-24-20(23-2)25-11-14-12-28-18(26-14)16-8-5-9-30-16;/h4-9,12,19H,3,10-11H2,1-2H3,(H2,23,24,25);1H. The number of guanidine groups is 1. The molecule has 0 saturated heterocycles. The third-order valence-corrected chi connectivity index (χ3v) is 4.82. The Hall–Kier alpha value is -2.41. The quantitative estimate of drug-likeness (QED) is 0.219. The van der Waals surface area contributed by atoms with E-state index >= 15 is 0 Å². The molecule has 0 bridgehead atoms. The number of benzene rings is 1. The molecule has 0 aliphatic heterocycles. The third-order valence-electron chi connectivity index (χ3n) is 3.96. The number of thiophene rings is 1. The summed E-state index contributed by atoms with van der Waals surface area (Å²) >= 11 is 1.55. The average Bonchev–Trinajstić information content (AvgIpc) is 3.41. The third kappa shape index (κ3) is 7.06. The Morgan fingerprint density at radius 1 is 1.23 bits per heavy atom. The zero-order valence-electron chi connectivity index (χ0n) is 16.9. The van der Waals surface area contributed by atoms with Gasteiger partial charge in [-0.05, 0) is 24.4 Å². The number of ether oxygens (including phenoxy) is 2. The monoisotopic (exact) mass is 564 g/mol. The first kappa shape index (κ1) is 24.9. The minimum Gasteiger partial charge on any atom is -0.490 e. The number of para-hydroxylation sites is 1. The van der Waals surface area contributed by atoms with Crippen LogP contribution in [0.5, 0.6) is 11.5 Å². The van der Waals surface area contributed by atoms with E-state index in [1.165, 1.54) is 0 Å². The number of nitrogens with one attached hydrogen (secondary N) is 2. The summed E-state index contributed by atoms with van der Waals surface area (Å²) in [7, 11) is 1.61. The molecule has 0 unspecified atom stereocenters. The molecule has 3 aromatic rings. The van der Waals surface area contributed by atoms with Crippen LogP contribution in [-0.4, -0.2) is 31.2 Å². The summed E-state index contributed by atoms with van der Waals surface area (Å²) < 4.78 is 41.3. The second-order valence-corrected chi connectivity index (χ2v) is 6.90. The van der Waals surface area contributed by atoms with E-state index in [9.17, 15) is 8.78 Å². The van der Waals surface area contributed by atoms with Gasteiger partial charge >= 0.3 is 6.61 Å². The van der Waals surface area contributed by atoms with Gasteiger partial charge in [-0.15, -0.1) is 35.3 Å². The van der Waals surface area contributed by atoms with E-state index in [0.717, 1.165) is 4.88 Å². The Bertz CT molecular complexity index is 967. The van der Waals surface area contributed by atoms with Crippen molar-refractivity contribution >= 4 is 41.3 Å². The fourth-order valence-corrected chi connectivity index (χ4v) is 3.32. The van der Waals surface area contributed by atoms with Gasteiger partial charge < -0.3 is 24.5 Å². The van der Waals surface area contributed by atoms with Crippen LogP contribution in [0.2, 0.25) is 0 Å². The summed E-state index contributed by atoms with van der Waals surface area (Å²) in [6.45, 7) is -0.246. The number of aromatic nitrogens is 1. The molecule has 3 rings (SSSR count). The van der Waals surface area contributed by atoms with Crippen molar-refractivity contribution in [1.29, 1.82) is 0 Å². The summed E-state index contributed by atoms with van der Waals surface area (Å²) in [5, 5.41) is 8.14. The van der Waals surface area contributed by atoms with E-state index < -0.39 is 6.61 Å². The lowest BCUT2D eigenvalue weighted by molar-refractivity contribution is -0.0520. The Labute approximate surface area is 199 Å². The fraction of sp³-hybridized carbons (Fsp3) is 0.300. The maximum atomic E-state index is 12.8. The van der Waals surface area contributed by atoms with Crippen molar-refractivity contribution in [2.24, 2.45) is 4.99 Å². The molecule has 11 heteroatoms. The van der Waals surface area contributed by atoms with Gasteiger partial charge in [-0.2, -0.15) is 8.78 Å². The van der Waals surface area contributed by atoms with Crippen LogP contribution in [0.1, 0.15) is 18.2 Å². The van der Waals surface area contributed by atoms with E-state index in [-0.39, 0.29) is 42.0 Å². The summed E-state index contributed by atoms with van der Waals surface area (Å²) in [5.41, 5.74) is 1.23. The molecule has 0 fully saturated rings. The number of nitrogens with zero attached hydrogens (tertiary/aromatic N) is 2. The molecule has 0 aliphatic carbocycles. The molecule has 2 heterocycles. The largest absolute Gasteiger partial charge is 0.490 e. The van der Waals surface area contributed by atoms with Gasteiger partial charge in [0.05, 0.1) is 23.7 Å². The highest BCUT2D eigenvalue weighted by atomic mass is 127. The highest BCUT2D eigenvalue weighted by molar-refractivity contribution is 14.0. The minimum atomic E-state index is -2.95. The average molecular weight is 564 g/mol. The van der Waals surface area contributed by atoms with Crippen molar-refractivity contribution in [3.8, 4) is 22.3 Å². The smallest absolute Gasteiger partial charge is 0.387 e. The number of aliphatic imine (C=N–C) groups is 1. The summed E-state index contributed by atoms with van der Waals surface area (Å²) in [5.74, 6) is 1.31. The lowest BCUT2D eigenvalue weighted by Crippen LogP contribution is -2.36. The molecule has 31 heavy (non-hydrogen) atoms. The van der Waals surface area contributed by atoms with Crippen LogP contribution in [-0.2, 0) is 13.1 Å². The number of halogens is 3. The van der Waals surface area contributed by atoms with Crippen LogP contribution in [0.4, 0.5) is 8.78 Å².